The van der Waals surface area contributed by atoms with Crippen LogP contribution in [0.5, 0.6) is 5.75 Å². The van der Waals surface area contributed by atoms with E-state index in [-0.39, 0.29) is 5.91 Å². The van der Waals surface area contributed by atoms with Gasteiger partial charge in [-0.05, 0) is 37.6 Å². The highest BCUT2D eigenvalue weighted by Gasteiger charge is 2.13. The van der Waals surface area contributed by atoms with Gasteiger partial charge in [0, 0.05) is 5.56 Å². The molecule has 5 heteroatoms. The van der Waals surface area contributed by atoms with Gasteiger partial charge in [0.05, 0.1) is 18.4 Å². The lowest BCUT2D eigenvalue weighted by molar-refractivity contribution is 0.0997. The summed E-state index contributed by atoms with van der Waals surface area (Å²) in [7, 11) is 1.62. The quantitative estimate of drug-likeness (QED) is 0.676. The van der Waals surface area contributed by atoms with Gasteiger partial charge in [-0.3, -0.25) is 4.79 Å². The average Bonchev–Trinajstić information content (AvgIpc) is 2.94. The van der Waals surface area contributed by atoms with Crippen molar-refractivity contribution < 1.29 is 9.53 Å². The Balaban J connectivity index is 2.22. The number of carbonyl (C=O) groups excluding carboxylic acids is 1. The van der Waals surface area contributed by atoms with E-state index in [2.05, 4.69) is 10.9 Å². The summed E-state index contributed by atoms with van der Waals surface area (Å²) in [4.78, 5) is 17.6. The highest BCUT2D eigenvalue weighted by atomic mass is 32.1. The smallest absolute Gasteiger partial charge is 0.279 e. The Morgan fingerprint density at radius 3 is 2.84 bits per heavy atom. The van der Waals surface area contributed by atoms with Gasteiger partial charge in [-0.15, -0.1) is 6.42 Å². The molecule has 0 saturated heterocycles. The minimum absolute atomic E-state index is 0.266. The molecule has 0 radical (unpaired) electrons. The van der Waals surface area contributed by atoms with Gasteiger partial charge >= 0.3 is 0 Å². The molecular formula is C20H18N2O2S. The van der Waals surface area contributed by atoms with Gasteiger partial charge in [0.2, 0.25) is 0 Å². The second-order valence-electron chi connectivity index (χ2n) is 5.72. The molecule has 3 aromatic rings. The molecular weight excluding hydrogens is 332 g/mol. The van der Waals surface area contributed by atoms with Crippen molar-refractivity contribution in [2.75, 3.05) is 7.11 Å². The summed E-state index contributed by atoms with van der Waals surface area (Å²) in [5.41, 5.74) is 3.40. The number of terminal acetylenes is 1. The average molecular weight is 350 g/mol. The first-order valence-corrected chi connectivity index (χ1v) is 8.63. The fourth-order valence-electron chi connectivity index (χ4n) is 2.70. The van der Waals surface area contributed by atoms with Gasteiger partial charge in [0.1, 0.15) is 11.3 Å². The predicted octanol–water partition coefficient (Wildman–Crippen LogP) is 3.70. The zero-order chi connectivity index (χ0) is 18.0. The number of hydrogen-bond donors (Lipinski definition) is 0. The first-order chi connectivity index (χ1) is 12.0. The second-order valence-corrected chi connectivity index (χ2v) is 6.73. The molecule has 126 valence electrons. The van der Waals surface area contributed by atoms with Crippen LogP contribution >= 0.6 is 11.3 Å². The highest BCUT2D eigenvalue weighted by Crippen LogP contribution is 2.27. The van der Waals surface area contributed by atoms with Gasteiger partial charge in [0.25, 0.3) is 5.91 Å². The van der Waals surface area contributed by atoms with Gasteiger partial charge in [-0.1, -0.05) is 41.0 Å². The van der Waals surface area contributed by atoms with Crippen molar-refractivity contribution in [3.63, 3.8) is 0 Å². The lowest BCUT2D eigenvalue weighted by Gasteiger charge is -2.05. The number of thiazole rings is 1. The van der Waals surface area contributed by atoms with E-state index in [1.165, 1.54) is 11.3 Å². The topological polar surface area (TPSA) is 43.6 Å². The molecule has 0 fully saturated rings. The molecule has 0 aliphatic rings. The predicted molar refractivity (Wildman–Crippen MR) is 101 cm³/mol. The number of amides is 1. The summed E-state index contributed by atoms with van der Waals surface area (Å²) in [5, 5.41) is 0. The van der Waals surface area contributed by atoms with E-state index in [4.69, 9.17) is 11.2 Å². The van der Waals surface area contributed by atoms with Crippen LogP contribution in [0.4, 0.5) is 0 Å². The van der Waals surface area contributed by atoms with Gasteiger partial charge in [0.15, 0.2) is 4.80 Å². The van der Waals surface area contributed by atoms with E-state index in [9.17, 15) is 4.79 Å². The molecule has 0 aliphatic carbocycles. The largest absolute Gasteiger partial charge is 0.495 e. The number of rotatable bonds is 3. The van der Waals surface area contributed by atoms with Crippen LogP contribution in [0.15, 0.2) is 41.4 Å². The third-order valence-corrected chi connectivity index (χ3v) is 5.00. The Morgan fingerprint density at radius 2 is 2.12 bits per heavy atom. The minimum Gasteiger partial charge on any atom is -0.495 e. The summed E-state index contributed by atoms with van der Waals surface area (Å²) >= 11 is 1.43. The molecule has 0 N–H and O–H groups in total. The molecule has 3 rings (SSSR count). The maximum atomic E-state index is 12.7. The zero-order valence-corrected chi connectivity index (χ0v) is 15.2. The molecule has 1 heterocycles. The maximum Gasteiger partial charge on any atom is 0.279 e. The minimum atomic E-state index is -0.266. The Bertz CT molecular complexity index is 1070. The molecule has 0 unspecified atom stereocenters. The number of methoxy groups -OCH3 is 1. The van der Waals surface area contributed by atoms with Crippen LogP contribution in [-0.4, -0.2) is 17.6 Å². The molecule has 2 aromatic carbocycles. The fraction of sp³-hybridized carbons (Fsp3) is 0.200. The molecule has 0 bridgehead atoms. The molecule has 0 aliphatic heterocycles. The lowest BCUT2D eigenvalue weighted by atomic mass is 10.1. The normalized spacial score (nSPS) is 11.5. The van der Waals surface area contributed by atoms with Gasteiger partial charge in [-0.2, -0.15) is 4.99 Å². The van der Waals surface area contributed by atoms with Crippen LogP contribution in [0.2, 0.25) is 0 Å². The number of carbonyl (C=O) groups is 1. The zero-order valence-electron chi connectivity index (χ0n) is 14.4. The summed E-state index contributed by atoms with van der Waals surface area (Å²) < 4.78 is 8.27. The number of nitrogens with zero attached hydrogens (tertiary/aromatic N) is 2. The van der Waals surface area contributed by atoms with Crippen LogP contribution in [0.3, 0.4) is 0 Å². The van der Waals surface area contributed by atoms with Crippen molar-refractivity contribution in [1.82, 2.24) is 4.57 Å². The Morgan fingerprint density at radius 1 is 1.32 bits per heavy atom. The van der Waals surface area contributed by atoms with E-state index in [0.29, 0.717) is 22.7 Å². The van der Waals surface area contributed by atoms with E-state index in [0.717, 1.165) is 21.3 Å². The fourth-order valence-corrected chi connectivity index (χ4v) is 3.74. The van der Waals surface area contributed by atoms with Crippen LogP contribution < -0.4 is 9.54 Å². The van der Waals surface area contributed by atoms with Crippen molar-refractivity contribution in [3.8, 4) is 18.1 Å². The van der Waals surface area contributed by atoms with E-state index < -0.39 is 0 Å². The first kappa shape index (κ1) is 17.0. The molecule has 0 saturated carbocycles. The summed E-state index contributed by atoms with van der Waals surface area (Å²) in [5.74, 6) is 3.08. The van der Waals surface area contributed by atoms with Crippen LogP contribution in [0, 0.1) is 26.2 Å². The van der Waals surface area contributed by atoms with Crippen LogP contribution in [-0.2, 0) is 6.54 Å². The highest BCUT2D eigenvalue weighted by molar-refractivity contribution is 7.16. The van der Waals surface area contributed by atoms with Gasteiger partial charge in [-0.25, -0.2) is 0 Å². The Labute approximate surface area is 150 Å². The molecule has 25 heavy (non-hydrogen) atoms. The molecule has 4 nitrogen and oxygen atoms in total. The Hall–Kier alpha value is -2.84. The first-order valence-electron chi connectivity index (χ1n) is 7.81. The van der Waals surface area contributed by atoms with Crippen LogP contribution in [0.25, 0.3) is 10.2 Å². The molecule has 0 spiro atoms. The number of fused-ring (bicyclic) bond motifs is 1. The third kappa shape index (κ3) is 3.21. The van der Waals surface area contributed by atoms with Crippen LogP contribution in [0.1, 0.15) is 21.5 Å². The van der Waals surface area contributed by atoms with Crippen molar-refractivity contribution >= 4 is 27.5 Å². The van der Waals surface area contributed by atoms with Crippen molar-refractivity contribution in [2.24, 2.45) is 4.99 Å². The molecule has 0 atom stereocenters. The monoisotopic (exact) mass is 350 g/mol. The Kier molecular flexibility index (Phi) is 4.73. The van der Waals surface area contributed by atoms with Crippen molar-refractivity contribution in [1.29, 1.82) is 0 Å². The van der Waals surface area contributed by atoms with Gasteiger partial charge < -0.3 is 9.30 Å². The van der Waals surface area contributed by atoms with Crippen molar-refractivity contribution in [2.45, 2.75) is 20.4 Å². The number of aryl methyl sites for hydroxylation is 2. The summed E-state index contributed by atoms with van der Waals surface area (Å²) in [6, 6.07) is 11.5. The number of para-hydroxylation sites is 1. The van der Waals surface area contributed by atoms with E-state index in [1.54, 1.807) is 7.11 Å². The standard InChI is InChI=1S/C20H18N2O2S/c1-5-11-22-18-16(24-4)7-6-8-17(18)25-20(22)21-19(23)15-12-13(2)9-10-14(15)3/h1,6-10,12H,11H2,2-4H3. The van der Waals surface area contributed by atoms with Crippen molar-refractivity contribution in [3.05, 3.63) is 57.9 Å². The maximum absolute atomic E-state index is 12.7. The SMILES string of the molecule is C#CCn1c(=NC(=O)c2cc(C)ccc2C)sc2cccc(OC)c21. The van der Waals surface area contributed by atoms with E-state index in [1.807, 2.05) is 54.8 Å². The number of ether oxygens (including phenoxy) is 1. The number of aromatic nitrogens is 1. The summed E-state index contributed by atoms with van der Waals surface area (Å²) in [6.45, 7) is 4.18. The lowest BCUT2D eigenvalue weighted by Crippen LogP contribution is -2.17. The number of benzene rings is 2. The third-order valence-electron chi connectivity index (χ3n) is 3.95. The molecule has 1 aromatic heterocycles. The molecule has 1 amide bonds. The number of hydrogen-bond acceptors (Lipinski definition) is 3. The summed E-state index contributed by atoms with van der Waals surface area (Å²) in [6.07, 6.45) is 5.52. The van der Waals surface area contributed by atoms with E-state index >= 15 is 0 Å². The second kappa shape index (κ2) is 6.96.